The van der Waals surface area contributed by atoms with Crippen LogP contribution >= 0.6 is 11.6 Å². The van der Waals surface area contributed by atoms with Gasteiger partial charge < -0.3 is 19.9 Å². The number of rotatable bonds is 10. The number of ether oxygens (including phenoxy) is 1. The molecule has 0 aliphatic heterocycles. The van der Waals surface area contributed by atoms with Gasteiger partial charge in [0.05, 0.1) is 28.7 Å². The van der Waals surface area contributed by atoms with E-state index in [9.17, 15) is 9.59 Å². The highest BCUT2D eigenvalue weighted by Gasteiger charge is 2.14. The molecule has 1 aromatic heterocycles. The lowest BCUT2D eigenvalue weighted by molar-refractivity contribution is -0.121. The van der Waals surface area contributed by atoms with Crippen LogP contribution in [-0.2, 0) is 24.3 Å². The standard InChI is InChI=1S/C27H27ClN4O3/c1-35-20-14-12-19(13-15-20)17-30-26(33)18-32-24-10-5-4-9-23(24)31-25(32)11-6-16-29-27(34)21-7-2-3-8-22(21)28/h2-5,7-10,12-15H,6,11,16-18H2,1H3,(H,29,34)(H,30,33). The first-order valence-corrected chi connectivity index (χ1v) is 11.8. The molecule has 0 spiro atoms. The number of aromatic nitrogens is 2. The first-order chi connectivity index (χ1) is 17.0. The predicted molar refractivity (Wildman–Crippen MR) is 137 cm³/mol. The third-order valence-electron chi connectivity index (χ3n) is 5.67. The minimum absolute atomic E-state index is 0.0998. The molecule has 35 heavy (non-hydrogen) atoms. The fourth-order valence-electron chi connectivity index (χ4n) is 3.83. The number of carbonyl (C=O) groups is 2. The lowest BCUT2D eigenvalue weighted by Crippen LogP contribution is -2.28. The highest BCUT2D eigenvalue weighted by Crippen LogP contribution is 2.18. The number of methoxy groups -OCH3 is 1. The van der Waals surface area contributed by atoms with Crippen molar-refractivity contribution in [3.63, 3.8) is 0 Å². The fraction of sp³-hybridized carbons (Fsp3) is 0.222. The molecule has 0 saturated heterocycles. The molecule has 180 valence electrons. The van der Waals surface area contributed by atoms with Crippen molar-refractivity contribution in [1.29, 1.82) is 0 Å². The van der Waals surface area contributed by atoms with E-state index >= 15 is 0 Å². The van der Waals surface area contributed by atoms with Crippen LogP contribution in [0.2, 0.25) is 5.02 Å². The van der Waals surface area contributed by atoms with E-state index in [2.05, 4.69) is 10.6 Å². The molecule has 0 saturated carbocycles. The molecule has 3 aromatic carbocycles. The molecule has 0 aliphatic rings. The number of nitrogens with zero attached hydrogens (tertiary/aromatic N) is 2. The summed E-state index contributed by atoms with van der Waals surface area (Å²) >= 11 is 6.10. The quantitative estimate of drug-likeness (QED) is 0.323. The number of fused-ring (bicyclic) bond motifs is 1. The van der Waals surface area contributed by atoms with Crippen LogP contribution in [0, 0.1) is 0 Å². The minimum atomic E-state index is -0.206. The molecular formula is C27H27ClN4O3. The van der Waals surface area contributed by atoms with Gasteiger partial charge in [0, 0.05) is 19.5 Å². The summed E-state index contributed by atoms with van der Waals surface area (Å²) < 4.78 is 7.11. The van der Waals surface area contributed by atoms with Crippen molar-refractivity contribution in [2.45, 2.75) is 25.9 Å². The highest BCUT2D eigenvalue weighted by atomic mass is 35.5. The number of carbonyl (C=O) groups excluding carboxylic acids is 2. The van der Waals surface area contributed by atoms with Gasteiger partial charge in [0.25, 0.3) is 5.91 Å². The number of nitrogens with one attached hydrogen (secondary N) is 2. The molecule has 0 atom stereocenters. The zero-order valence-corrected chi connectivity index (χ0v) is 20.2. The fourth-order valence-corrected chi connectivity index (χ4v) is 4.05. The zero-order chi connectivity index (χ0) is 24.6. The Kier molecular flexibility index (Phi) is 8.00. The average molecular weight is 491 g/mol. The summed E-state index contributed by atoms with van der Waals surface area (Å²) in [5.74, 6) is 1.27. The van der Waals surface area contributed by atoms with E-state index in [1.807, 2.05) is 53.1 Å². The van der Waals surface area contributed by atoms with E-state index < -0.39 is 0 Å². The van der Waals surface area contributed by atoms with Gasteiger partial charge in [-0.1, -0.05) is 48.0 Å². The molecule has 0 fully saturated rings. The maximum atomic E-state index is 12.8. The molecule has 0 bridgehead atoms. The van der Waals surface area contributed by atoms with Gasteiger partial charge in [0.1, 0.15) is 18.1 Å². The maximum Gasteiger partial charge on any atom is 0.252 e. The molecular weight excluding hydrogens is 464 g/mol. The van der Waals surface area contributed by atoms with Gasteiger partial charge in [-0.3, -0.25) is 9.59 Å². The third kappa shape index (κ3) is 6.19. The van der Waals surface area contributed by atoms with E-state index in [0.717, 1.165) is 28.2 Å². The Morgan fingerprint density at radius 1 is 0.971 bits per heavy atom. The molecule has 2 N–H and O–H groups in total. The summed E-state index contributed by atoms with van der Waals surface area (Å²) in [7, 11) is 1.62. The van der Waals surface area contributed by atoms with Gasteiger partial charge in [-0.2, -0.15) is 0 Å². The molecule has 8 heteroatoms. The number of para-hydroxylation sites is 2. The second-order valence-electron chi connectivity index (χ2n) is 8.07. The number of imidazole rings is 1. The second-order valence-corrected chi connectivity index (χ2v) is 8.47. The maximum absolute atomic E-state index is 12.8. The average Bonchev–Trinajstić information content (AvgIpc) is 3.22. The summed E-state index contributed by atoms with van der Waals surface area (Å²) in [4.78, 5) is 29.9. The van der Waals surface area contributed by atoms with Crippen molar-refractivity contribution >= 4 is 34.4 Å². The van der Waals surface area contributed by atoms with Crippen molar-refractivity contribution in [1.82, 2.24) is 20.2 Å². The van der Waals surface area contributed by atoms with E-state index in [1.54, 1.807) is 31.4 Å². The van der Waals surface area contributed by atoms with Crippen LogP contribution in [0.25, 0.3) is 11.0 Å². The summed E-state index contributed by atoms with van der Waals surface area (Å²) in [6.45, 7) is 1.06. The van der Waals surface area contributed by atoms with Crippen LogP contribution in [0.5, 0.6) is 5.75 Å². The van der Waals surface area contributed by atoms with Gasteiger partial charge in [-0.25, -0.2) is 4.98 Å². The molecule has 1 heterocycles. The molecule has 2 amide bonds. The third-order valence-corrected chi connectivity index (χ3v) is 5.99. The van der Waals surface area contributed by atoms with Crippen LogP contribution in [-0.4, -0.2) is 35.0 Å². The van der Waals surface area contributed by atoms with E-state index in [0.29, 0.717) is 36.5 Å². The molecule has 4 aromatic rings. The Hall–Kier alpha value is -3.84. The van der Waals surface area contributed by atoms with E-state index in [1.165, 1.54) is 0 Å². The number of aryl methyl sites for hydroxylation is 1. The van der Waals surface area contributed by atoms with Crippen molar-refractivity contribution in [3.05, 3.63) is 94.8 Å². The number of benzene rings is 3. The van der Waals surface area contributed by atoms with Crippen molar-refractivity contribution in [2.24, 2.45) is 0 Å². The molecule has 0 aliphatic carbocycles. The van der Waals surface area contributed by atoms with Gasteiger partial charge in [0.15, 0.2) is 0 Å². The molecule has 4 rings (SSSR count). The summed E-state index contributed by atoms with van der Waals surface area (Å²) in [6.07, 6.45) is 1.29. The first kappa shape index (κ1) is 24.3. The van der Waals surface area contributed by atoms with E-state index in [4.69, 9.17) is 21.3 Å². The largest absolute Gasteiger partial charge is 0.497 e. The molecule has 0 unspecified atom stereocenters. The predicted octanol–water partition coefficient (Wildman–Crippen LogP) is 4.38. The molecule has 0 radical (unpaired) electrons. The summed E-state index contributed by atoms with van der Waals surface area (Å²) in [5.41, 5.74) is 3.19. The van der Waals surface area contributed by atoms with Crippen molar-refractivity contribution in [2.75, 3.05) is 13.7 Å². The summed E-state index contributed by atoms with van der Waals surface area (Å²) in [5, 5.41) is 6.30. The SMILES string of the molecule is COc1ccc(CNC(=O)Cn2c(CCCNC(=O)c3ccccc3Cl)nc3ccccc32)cc1. The van der Waals surface area contributed by atoms with Crippen LogP contribution in [0.1, 0.15) is 28.2 Å². The first-order valence-electron chi connectivity index (χ1n) is 11.4. The van der Waals surface area contributed by atoms with Crippen LogP contribution < -0.4 is 15.4 Å². The Bertz CT molecular complexity index is 1320. The topological polar surface area (TPSA) is 85.2 Å². The number of hydrogen-bond donors (Lipinski definition) is 2. The van der Waals surface area contributed by atoms with Crippen molar-refractivity contribution < 1.29 is 14.3 Å². The van der Waals surface area contributed by atoms with Crippen LogP contribution in [0.15, 0.2) is 72.8 Å². The minimum Gasteiger partial charge on any atom is -0.497 e. The Balaban J connectivity index is 1.37. The normalized spacial score (nSPS) is 10.8. The lowest BCUT2D eigenvalue weighted by atomic mass is 10.2. The van der Waals surface area contributed by atoms with Gasteiger partial charge in [0.2, 0.25) is 5.91 Å². The van der Waals surface area contributed by atoms with Crippen LogP contribution in [0.4, 0.5) is 0 Å². The number of amides is 2. The smallest absolute Gasteiger partial charge is 0.252 e. The highest BCUT2D eigenvalue weighted by molar-refractivity contribution is 6.33. The Labute approximate surface area is 209 Å². The summed E-state index contributed by atoms with van der Waals surface area (Å²) in [6, 6.07) is 22.3. The van der Waals surface area contributed by atoms with Crippen molar-refractivity contribution in [3.8, 4) is 5.75 Å². The number of halogens is 1. The second kappa shape index (κ2) is 11.5. The lowest BCUT2D eigenvalue weighted by Gasteiger charge is -2.11. The Morgan fingerprint density at radius 2 is 1.71 bits per heavy atom. The number of hydrogen-bond acceptors (Lipinski definition) is 4. The Morgan fingerprint density at radius 3 is 2.49 bits per heavy atom. The van der Waals surface area contributed by atoms with Gasteiger partial charge >= 0.3 is 0 Å². The monoisotopic (exact) mass is 490 g/mol. The zero-order valence-electron chi connectivity index (χ0n) is 19.5. The van der Waals surface area contributed by atoms with Crippen LogP contribution in [0.3, 0.4) is 0 Å². The molecule has 7 nitrogen and oxygen atoms in total. The van der Waals surface area contributed by atoms with E-state index in [-0.39, 0.29) is 18.4 Å². The van der Waals surface area contributed by atoms with Gasteiger partial charge in [-0.15, -0.1) is 0 Å². The van der Waals surface area contributed by atoms with Gasteiger partial charge in [-0.05, 0) is 48.4 Å².